The van der Waals surface area contributed by atoms with Crippen LogP contribution in [0.3, 0.4) is 0 Å². The zero-order valence-corrected chi connectivity index (χ0v) is 18.8. The first-order valence-electron chi connectivity index (χ1n) is 11.1. The maximum atomic E-state index is 12.6. The largest absolute Gasteiger partial charge is 0.467 e. The number of piperidine rings is 1. The van der Waals surface area contributed by atoms with Gasteiger partial charge in [0.05, 0.1) is 23.7 Å². The topological polar surface area (TPSA) is 120 Å². The van der Waals surface area contributed by atoms with E-state index in [0.717, 1.165) is 59.5 Å². The molecule has 5 aromatic rings. The van der Waals surface area contributed by atoms with E-state index in [1.165, 1.54) is 7.11 Å². The van der Waals surface area contributed by atoms with Crippen molar-refractivity contribution < 1.29 is 4.74 Å². The number of nitrogens with one attached hydrogen (secondary N) is 1. The number of aromatic amines is 1. The molecule has 1 aliphatic rings. The van der Waals surface area contributed by atoms with Crippen LogP contribution in [0.15, 0.2) is 47.8 Å². The molecule has 0 aliphatic carbocycles. The molecule has 5 heterocycles. The van der Waals surface area contributed by atoms with Crippen LogP contribution in [0.4, 0.5) is 5.82 Å². The third-order valence-corrected chi connectivity index (χ3v) is 6.46. The van der Waals surface area contributed by atoms with Crippen LogP contribution in [0.25, 0.3) is 33.6 Å². The molecule has 11 heteroatoms. The van der Waals surface area contributed by atoms with Crippen molar-refractivity contribution in [2.75, 3.05) is 25.1 Å². The fourth-order valence-electron chi connectivity index (χ4n) is 4.79. The molecule has 0 radical (unpaired) electrons. The fraction of sp³-hybridized carbons (Fsp3) is 0.304. The average Bonchev–Trinajstić information content (AvgIpc) is 3.40. The number of hydrogen-bond donors (Lipinski definition) is 1. The minimum absolute atomic E-state index is 0.0554. The van der Waals surface area contributed by atoms with Crippen LogP contribution < -0.4 is 15.3 Å². The molecule has 1 aromatic carbocycles. The summed E-state index contributed by atoms with van der Waals surface area (Å²) in [7, 11) is 3.45. The number of aryl methyl sites for hydroxylation is 1. The summed E-state index contributed by atoms with van der Waals surface area (Å²) in [4.78, 5) is 40.1. The zero-order valence-electron chi connectivity index (χ0n) is 18.8. The Morgan fingerprint density at radius 3 is 2.59 bits per heavy atom. The zero-order chi connectivity index (χ0) is 23.2. The summed E-state index contributed by atoms with van der Waals surface area (Å²) in [5.74, 6) is 1.51. The number of hydrogen-bond acceptors (Lipinski definition) is 8. The number of anilines is 1. The quantitative estimate of drug-likeness (QED) is 0.437. The summed E-state index contributed by atoms with van der Waals surface area (Å²) in [5, 5.41) is 0. The maximum Gasteiger partial charge on any atom is 0.326 e. The lowest BCUT2D eigenvalue weighted by atomic mass is 10.0. The highest BCUT2D eigenvalue weighted by Crippen LogP contribution is 2.31. The smallest absolute Gasteiger partial charge is 0.326 e. The molecule has 34 heavy (non-hydrogen) atoms. The highest BCUT2D eigenvalue weighted by Gasteiger charge is 2.26. The monoisotopic (exact) mass is 457 g/mol. The highest BCUT2D eigenvalue weighted by atomic mass is 16.5. The summed E-state index contributed by atoms with van der Waals surface area (Å²) in [6, 6.07) is 8.27. The number of H-pyrrole nitrogens is 1. The second kappa shape index (κ2) is 7.94. The van der Waals surface area contributed by atoms with E-state index in [1.54, 1.807) is 18.7 Å². The van der Waals surface area contributed by atoms with Crippen molar-refractivity contribution in [2.45, 2.75) is 18.9 Å². The molecule has 1 aliphatic heterocycles. The molecular weight excluding hydrogens is 434 g/mol. The van der Waals surface area contributed by atoms with Crippen molar-refractivity contribution in [3.63, 3.8) is 0 Å². The minimum atomic E-state index is -0.0554. The van der Waals surface area contributed by atoms with Gasteiger partial charge < -0.3 is 19.2 Å². The van der Waals surface area contributed by atoms with Crippen molar-refractivity contribution in [2.24, 2.45) is 7.05 Å². The van der Waals surface area contributed by atoms with Gasteiger partial charge >= 0.3 is 11.7 Å². The first-order chi connectivity index (χ1) is 16.6. The minimum Gasteiger partial charge on any atom is -0.467 e. The van der Waals surface area contributed by atoms with Crippen molar-refractivity contribution in [3.8, 4) is 17.4 Å². The lowest BCUT2D eigenvalue weighted by molar-refractivity contribution is 0.380. The van der Waals surface area contributed by atoms with Crippen LogP contribution in [0.2, 0.25) is 0 Å². The van der Waals surface area contributed by atoms with Crippen LogP contribution >= 0.6 is 0 Å². The second-order valence-corrected chi connectivity index (χ2v) is 8.36. The van der Waals surface area contributed by atoms with E-state index in [-0.39, 0.29) is 11.7 Å². The van der Waals surface area contributed by atoms with Gasteiger partial charge in [-0.2, -0.15) is 0 Å². The number of nitrogens with zero attached hydrogens (tertiary/aromatic N) is 8. The Morgan fingerprint density at radius 2 is 1.82 bits per heavy atom. The van der Waals surface area contributed by atoms with Gasteiger partial charge in [-0.1, -0.05) is 12.1 Å². The van der Waals surface area contributed by atoms with Crippen LogP contribution in [0.5, 0.6) is 6.01 Å². The number of para-hydroxylation sites is 2. The molecule has 4 aromatic heterocycles. The Balaban J connectivity index is 1.30. The van der Waals surface area contributed by atoms with Gasteiger partial charge in [-0.15, -0.1) is 0 Å². The number of rotatable bonds is 4. The SMILES string of the molecule is COc1ncc(-c2nc3c(N4CCC(n5c(=O)[nH]c6ccccc65)CC4)ncnc3n2C)cn1. The number of ether oxygens (including phenoxy) is 1. The molecule has 0 unspecified atom stereocenters. The molecule has 1 N–H and O–H groups in total. The Hall–Kier alpha value is -4.28. The van der Waals surface area contributed by atoms with Crippen molar-refractivity contribution in [3.05, 3.63) is 53.5 Å². The number of benzene rings is 1. The maximum absolute atomic E-state index is 12.6. The van der Waals surface area contributed by atoms with Gasteiger partial charge in [0.25, 0.3) is 0 Å². The van der Waals surface area contributed by atoms with E-state index in [2.05, 4.69) is 29.8 Å². The average molecular weight is 457 g/mol. The van der Waals surface area contributed by atoms with Crippen molar-refractivity contribution >= 4 is 28.0 Å². The predicted octanol–water partition coefficient (Wildman–Crippen LogP) is 2.31. The van der Waals surface area contributed by atoms with Gasteiger partial charge in [-0.3, -0.25) is 4.57 Å². The Labute approximate surface area is 194 Å². The molecule has 11 nitrogen and oxygen atoms in total. The first kappa shape index (κ1) is 20.3. The molecular formula is C23H23N9O2. The molecule has 1 saturated heterocycles. The van der Waals surface area contributed by atoms with E-state index in [9.17, 15) is 4.79 Å². The number of methoxy groups -OCH3 is 1. The van der Waals surface area contributed by atoms with E-state index in [0.29, 0.717) is 11.8 Å². The third kappa shape index (κ3) is 3.19. The van der Waals surface area contributed by atoms with Crippen LogP contribution in [0, 0.1) is 0 Å². The van der Waals surface area contributed by atoms with Gasteiger partial charge in [-0.25, -0.2) is 29.7 Å². The summed E-state index contributed by atoms with van der Waals surface area (Å²) in [5.41, 5.74) is 4.01. The van der Waals surface area contributed by atoms with Crippen LogP contribution in [0.1, 0.15) is 18.9 Å². The highest BCUT2D eigenvalue weighted by molar-refractivity contribution is 5.86. The predicted molar refractivity (Wildman–Crippen MR) is 127 cm³/mol. The second-order valence-electron chi connectivity index (χ2n) is 8.36. The van der Waals surface area contributed by atoms with Crippen molar-refractivity contribution in [1.29, 1.82) is 0 Å². The first-order valence-corrected chi connectivity index (χ1v) is 11.1. The van der Waals surface area contributed by atoms with Gasteiger partial charge in [0.2, 0.25) is 0 Å². The molecule has 0 bridgehead atoms. The van der Waals surface area contributed by atoms with Crippen LogP contribution in [-0.2, 0) is 7.05 Å². The molecule has 172 valence electrons. The van der Waals surface area contributed by atoms with E-state index < -0.39 is 0 Å². The van der Waals surface area contributed by atoms with Gasteiger partial charge in [0.15, 0.2) is 17.0 Å². The normalized spacial score (nSPS) is 14.8. The van der Waals surface area contributed by atoms with Gasteiger partial charge in [0.1, 0.15) is 12.2 Å². The van der Waals surface area contributed by atoms with Gasteiger partial charge in [0, 0.05) is 38.6 Å². The molecule has 0 atom stereocenters. The number of fused-ring (bicyclic) bond motifs is 2. The van der Waals surface area contributed by atoms with E-state index in [1.807, 2.05) is 40.4 Å². The fourth-order valence-corrected chi connectivity index (χ4v) is 4.79. The number of imidazole rings is 2. The molecule has 0 amide bonds. The Kier molecular flexibility index (Phi) is 4.75. The Bertz CT molecular complexity index is 1540. The van der Waals surface area contributed by atoms with Gasteiger partial charge in [-0.05, 0) is 25.0 Å². The molecule has 0 spiro atoms. The third-order valence-electron chi connectivity index (χ3n) is 6.46. The molecule has 1 fully saturated rings. The van der Waals surface area contributed by atoms with E-state index in [4.69, 9.17) is 9.72 Å². The summed E-state index contributed by atoms with van der Waals surface area (Å²) < 4.78 is 8.87. The molecule has 0 saturated carbocycles. The summed E-state index contributed by atoms with van der Waals surface area (Å²) in [6.07, 6.45) is 6.61. The van der Waals surface area contributed by atoms with E-state index >= 15 is 0 Å². The lowest BCUT2D eigenvalue weighted by Gasteiger charge is -2.33. The lowest BCUT2D eigenvalue weighted by Crippen LogP contribution is -2.37. The summed E-state index contributed by atoms with van der Waals surface area (Å²) >= 11 is 0. The standard InChI is InChI=1S/C23H23N9O2/c1-30-19(14-11-24-22(34-2)25-12-14)29-18-20(30)26-13-27-21(18)31-9-7-15(8-10-31)32-17-6-4-3-5-16(17)28-23(32)33/h3-6,11-13,15H,7-10H2,1-2H3,(H,28,33). The van der Waals surface area contributed by atoms with Crippen molar-refractivity contribution in [1.82, 2.24) is 39.0 Å². The Morgan fingerprint density at radius 1 is 1.06 bits per heavy atom. The van der Waals surface area contributed by atoms with Crippen LogP contribution in [-0.4, -0.2) is 59.2 Å². The molecule has 6 rings (SSSR count). The summed E-state index contributed by atoms with van der Waals surface area (Å²) in [6.45, 7) is 1.53. The number of aromatic nitrogens is 8.